The first-order chi connectivity index (χ1) is 8.77. The van der Waals surface area contributed by atoms with Gasteiger partial charge >= 0.3 is 0 Å². The molecule has 1 atom stereocenters. The van der Waals surface area contributed by atoms with Crippen LogP contribution in [-0.4, -0.2) is 11.6 Å². The Balaban J connectivity index is 2.06. The Morgan fingerprint density at radius 2 is 2.17 bits per heavy atom. The first-order valence-corrected chi connectivity index (χ1v) is 6.18. The first-order valence-electron chi connectivity index (χ1n) is 6.18. The van der Waals surface area contributed by atoms with E-state index in [-0.39, 0.29) is 6.04 Å². The maximum Gasteiger partial charge on any atom is 0.127 e. The largest absolute Gasteiger partial charge is 0.493 e. The van der Waals surface area contributed by atoms with E-state index in [1.54, 1.807) is 6.20 Å². The van der Waals surface area contributed by atoms with Gasteiger partial charge in [0.15, 0.2) is 0 Å². The van der Waals surface area contributed by atoms with Gasteiger partial charge in [-0.2, -0.15) is 0 Å². The molecule has 1 aliphatic rings. The molecule has 0 bridgehead atoms. The standard InChI is InChI=1S/C15H16N2O/c1-10-5-7-17-9-13(10)14(16)12-4-2-3-11-6-8-18-15(11)12/h2-5,7,9,14H,6,8,16H2,1H3. The van der Waals surface area contributed by atoms with Crippen LogP contribution >= 0.6 is 0 Å². The number of aromatic nitrogens is 1. The molecule has 92 valence electrons. The van der Waals surface area contributed by atoms with Crippen molar-refractivity contribution in [2.75, 3.05) is 6.61 Å². The number of para-hydroxylation sites is 1. The number of rotatable bonds is 2. The molecule has 2 aromatic rings. The lowest BCUT2D eigenvalue weighted by Gasteiger charge is -2.17. The predicted octanol–water partition coefficient (Wildman–Crippen LogP) is 2.37. The maximum atomic E-state index is 6.37. The highest BCUT2D eigenvalue weighted by atomic mass is 16.5. The SMILES string of the molecule is Cc1ccncc1C(N)c1cccc2c1OCC2. The van der Waals surface area contributed by atoms with Gasteiger partial charge < -0.3 is 10.5 Å². The average molecular weight is 240 g/mol. The van der Waals surface area contributed by atoms with Crippen LogP contribution in [0.5, 0.6) is 5.75 Å². The second-order valence-electron chi connectivity index (χ2n) is 4.64. The Bertz CT molecular complexity index is 580. The molecule has 3 rings (SSSR count). The van der Waals surface area contributed by atoms with Gasteiger partial charge in [-0.25, -0.2) is 0 Å². The predicted molar refractivity (Wildman–Crippen MR) is 70.6 cm³/mol. The number of hydrogen-bond donors (Lipinski definition) is 1. The highest BCUT2D eigenvalue weighted by Gasteiger charge is 2.21. The fourth-order valence-electron chi connectivity index (χ4n) is 2.45. The summed E-state index contributed by atoms with van der Waals surface area (Å²) >= 11 is 0. The smallest absolute Gasteiger partial charge is 0.127 e. The second kappa shape index (κ2) is 4.42. The first kappa shape index (κ1) is 11.2. The van der Waals surface area contributed by atoms with Gasteiger partial charge in [0.25, 0.3) is 0 Å². The number of fused-ring (bicyclic) bond motifs is 1. The molecule has 0 spiro atoms. The van der Waals surface area contributed by atoms with E-state index in [9.17, 15) is 0 Å². The molecule has 0 saturated carbocycles. The summed E-state index contributed by atoms with van der Waals surface area (Å²) in [5.41, 5.74) is 10.9. The summed E-state index contributed by atoms with van der Waals surface area (Å²) in [5, 5.41) is 0. The maximum absolute atomic E-state index is 6.37. The molecule has 1 unspecified atom stereocenters. The van der Waals surface area contributed by atoms with Crippen molar-refractivity contribution >= 4 is 0 Å². The van der Waals surface area contributed by atoms with Crippen LogP contribution in [0.25, 0.3) is 0 Å². The molecule has 18 heavy (non-hydrogen) atoms. The van der Waals surface area contributed by atoms with Crippen LogP contribution in [0.4, 0.5) is 0 Å². The Morgan fingerprint density at radius 3 is 3.00 bits per heavy atom. The van der Waals surface area contributed by atoms with Gasteiger partial charge in [0.2, 0.25) is 0 Å². The molecule has 1 aromatic carbocycles. The lowest BCUT2D eigenvalue weighted by molar-refractivity contribution is 0.352. The summed E-state index contributed by atoms with van der Waals surface area (Å²) < 4.78 is 5.71. The summed E-state index contributed by atoms with van der Waals surface area (Å²) in [6.45, 7) is 2.81. The van der Waals surface area contributed by atoms with Gasteiger partial charge in [-0.05, 0) is 29.7 Å². The Kier molecular flexibility index (Phi) is 2.76. The number of ether oxygens (including phenoxy) is 1. The molecular weight excluding hydrogens is 224 g/mol. The molecule has 0 saturated heterocycles. The van der Waals surface area contributed by atoms with Crippen LogP contribution in [0.2, 0.25) is 0 Å². The van der Waals surface area contributed by atoms with Gasteiger partial charge in [-0.3, -0.25) is 4.98 Å². The number of benzene rings is 1. The molecule has 3 heteroatoms. The molecule has 2 N–H and O–H groups in total. The molecule has 0 aliphatic carbocycles. The number of nitrogens with zero attached hydrogens (tertiary/aromatic N) is 1. The zero-order valence-corrected chi connectivity index (χ0v) is 10.4. The van der Waals surface area contributed by atoms with Crippen molar-refractivity contribution in [2.24, 2.45) is 5.73 Å². The van der Waals surface area contributed by atoms with Crippen molar-refractivity contribution in [1.29, 1.82) is 0 Å². The number of nitrogens with two attached hydrogens (primary N) is 1. The summed E-state index contributed by atoms with van der Waals surface area (Å²) in [6.07, 6.45) is 4.60. The van der Waals surface area contributed by atoms with Crippen LogP contribution in [0.3, 0.4) is 0 Å². The summed E-state index contributed by atoms with van der Waals surface area (Å²) in [5.74, 6) is 0.966. The lowest BCUT2D eigenvalue weighted by Crippen LogP contribution is -2.14. The number of pyridine rings is 1. The molecule has 0 radical (unpaired) electrons. The highest BCUT2D eigenvalue weighted by molar-refractivity contribution is 5.49. The molecule has 2 heterocycles. The second-order valence-corrected chi connectivity index (χ2v) is 4.64. The molecule has 1 aromatic heterocycles. The van der Waals surface area contributed by atoms with Crippen molar-refractivity contribution in [3.05, 3.63) is 58.9 Å². The summed E-state index contributed by atoms with van der Waals surface area (Å²) in [6, 6.07) is 8.01. The van der Waals surface area contributed by atoms with Crippen LogP contribution < -0.4 is 10.5 Å². The summed E-state index contributed by atoms with van der Waals surface area (Å²) in [4.78, 5) is 4.16. The van der Waals surface area contributed by atoms with Gasteiger partial charge in [0.05, 0.1) is 12.6 Å². The molecule has 0 fully saturated rings. The van der Waals surface area contributed by atoms with E-state index in [1.165, 1.54) is 5.56 Å². The zero-order valence-electron chi connectivity index (χ0n) is 10.4. The minimum atomic E-state index is -0.174. The third-order valence-electron chi connectivity index (χ3n) is 3.49. The van der Waals surface area contributed by atoms with Crippen molar-refractivity contribution in [3.8, 4) is 5.75 Å². The van der Waals surface area contributed by atoms with Crippen molar-refractivity contribution in [3.63, 3.8) is 0 Å². The molecule has 0 amide bonds. The van der Waals surface area contributed by atoms with Crippen molar-refractivity contribution in [2.45, 2.75) is 19.4 Å². The van der Waals surface area contributed by atoms with E-state index < -0.39 is 0 Å². The molecular formula is C15H16N2O. The Labute approximate surface area is 107 Å². The topological polar surface area (TPSA) is 48.1 Å². The Morgan fingerprint density at radius 1 is 1.28 bits per heavy atom. The van der Waals surface area contributed by atoms with Crippen molar-refractivity contribution < 1.29 is 4.74 Å². The third-order valence-corrected chi connectivity index (χ3v) is 3.49. The van der Waals surface area contributed by atoms with Gasteiger partial charge in [0, 0.05) is 24.4 Å². The Hall–Kier alpha value is -1.87. The van der Waals surface area contributed by atoms with Gasteiger partial charge in [0.1, 0.15) is 5.75 Å². The number of hydrogen-bond acceptors (Lipinski definition) is 3. The lowest BCUT2D eigenvalue weighted by atomic mass is 9.95. The van der Waals surface area contributed by atoms with Crippen LogP contribution in [0.1, 0.15) is 28.3 Å². The van der Waals surface area contributed by atoms with E-state index in [4.69, 9.17) is 10.5 Å². The van der Waals surface area contributed by atoms with Crippen LogP contribution in [0, 0.1) is 6.92 Å². The van der Waals surface area contributed by atoms with E-state index in [0.29, 0.717) is 0 Å². The van der Waals surface area contributed by atoms with E-state index in [1.807, 2.05) is 18.3 Å². The fraction of sp³-hybridized carbons (Fsp3) is 0.267. The normalized spacial score (nSPS) is 15.0. The average Bonchev–Trinajstić information content (AvgIpc) is 2.86. The van der Waals surface area contributed by atoms with E-state index >= 15 is 0 Å². The van der Waals surface area contributed by atoms with Gasteiger partial charge in [-0.15, -0.1) is 0 Å². The molecule has 3 nitrogen and oxygen atoms in total. The number of aryl methyl sites for hydroxylation is 1. The van der Waals surface area contributed by atoms with E-state index in [0.717, 1.165) is 35.5 Å². The van der Waals surface area contributed by atoms with Gasteiger partial charge in [-0.1, -0.05) is 18.2 Å². The molecule has 1 aliphatic heterocycles. The fourth-order valence-corrected chi connectivity index (χ4v) is 2.45. The van der Waals surface area contributed by atoms with E-state index in [2.05, 4.69) is 24.0 Å². The minimum absolute atomic E-state index is 0.174. The monoisotopic (exact) mass is 240 g/mol. The third kappa shape index (κ3) is 1.77. The summed E-state index contributed by atoms with van der Waals surface area (Å²) in [7, 11) is 0. The quantitative estimate of drug-likeness (QED) is 0.876. The van der Waals surface area contributed by atoms with Crippen LogP contribution in [0.15, 0.2) is 36.7 Å². The highest BCUT2D eigenvalue weighted by Crippen LogP contribution is 2.35. The zero-order chi connectivity index (χ0) is 12.5. The minimum Gasteiger partial charge on any atom is -0.493 e. The van der Waals surface area contributed by atoms with Crippen LogP contribution in [-0.2, 0) is 6.42 Å². The van der Waals surface area contributed by atoms with Crippen molar-refractivity contribution in [1.82, 2.24) is 4.98 Å².